The highest BCUT2D eigenvalue weighted by molar-refractivity contribution is 7.37. The first kappa shape index (κ1) is 17.4. The Hall–Kier alpha value is -0.650. The quantitative estimate of drug-likeness (QED) is 0.444. The maximum Gasteiger partial charge on any atom is 0.110 e. The highest BCUT2D eigenvalue weighted by Gasteiger charge is 1.94. The fourth-order valence-electron chi connectivity index (χ4n) is 1.63. The number of aromatic nitrogens is 1. The average Bonchev–Trinajstić information content (AvgIpc) is 2.47. The minimum absolute atomic E-state index is 0.945. The lowest BCUT2D eigenvalue weighted by Gasteiger charge is -1.95. The molecular weight excluding hydrogens is 284 g/mol. The van der Waals surface area contributed by atoms with E-state index in [0.717, 1.165) is 40.7 Å². The molecule has 0 atom stereocenters. The second-order valence-corrected chi connectivity index (χ2v) is 6.58. The van der Waals surface area contributed by atoms with E-state index in [-0.39, 0.29) is 0 Å². The maximum absolute atomic E-state index is 4.60. The lowest BCUT2D eigenvalue weighted by Crippen LogP contribution is -2.09. The summed E-state index contributed by atoms with van der Waals surface area (Å²) in [7, 11) is 1.99. The second kappa shape index (κ2) is 12.1. The van der Waals surface area contributed by atoms with E-state index in [1.807, 2.05) is 12.1 Å². The number of pyridine rings is 1. The minimum Gasteiger partial charge on any atom is -0.262 e. The molecule has 0 spiro atoms. The molecule has 0 amide bonds. The topological polar surface area (TPSA) is 37.6 Å². The van der Waals surface area contributed by atoms with Crippen molar-refractivity contribution in [2.75, 3.05) is 13.1 Å². The Morgan fingerprint density at radius 2 is 1.35 bits per heavy atom. The molecule has 20 heavy (non-hydrogen) atoms. The molecule has 1 rings (SSSR count). The summed E-state index contributed by atoms with van der Waals surface area (Å²) in [5.41, 5.74) is 2.07. The van der Waals surface area contributed by atoms with Gasteiger partial charge in [-0.25, -0.2) is 4.98 Å². The van der Waals surface area contributed by atoms with Gasteiger partial charge in [0.2, 0.25) is 0 Å². The van der Waals surface area contributed by atoms with Gasteiger partial charge in [-0.15, -0.1) is 0 Å². The van der Waals surface area contributed by atoms with Gasteiger partial charge in [0.25, 0.3) is 0 Å². The average molecular weight is 309 g/mol. The SMILES string of the molecule is CCCCC/N=P/c1cccc(/P=N/CCCCC)n1. The van der Waals surface area contributed by atoms with Crippen LogP contribution in [-0.2, 0) is 0 Å². The van der Waals surface area contributed by atoms with Gasteiger partial charge in [0.05, 0.1) is 16.7 Å². The van der Waals surface area contributed by atoms with Crippen molar-refractivity contribution in [2.24, 2.45) is 9.49 Å². The van der Waals surface area contributed by atoms with Crippen LogP contribution in [0.15, 0.2) is 27.7 Å². The van der Waals surface area contributed by atoms with E-state index in [4.69, 9.17) is 0 Å². The number of hydrogen-bond acceptors (Lipinski definition) is 3. The number of nitrogens with zero attached hydrogens (tertiary/aromatic N) is 3. The molecule has 0 aromatic carbocycles. The van der Waals surface area contributed by atoms with Crippen LogP contribution in [0.2, 0.25) is 0 Å². The van der Waals surface area contributed by atoms with E-state index < -0.39 is 0 Å². The van der Waals surface area contributed by atoms with Gasteiger partial charge < -0.3 is 0 Å². The lowest BCUT2D eigenvalue weighted by atomic mass is 10.3. The van der Waals surface area contributed by atoms with Gasteiger partial charge in [0.1, 0.15) is 10.9 Å². The fourth-order valence-corrected chi connectivity index (χ4v) is 3.10. The molecule has 0 unspecified atom stereocenters. The second-order valence-electron chi connectivity index (χ2n) is 4.70. The van der Waals surface area contributed by atoms with Crippen molar-refractivity contribution >= 4 is 27.6 Å². The number of rotatable bonds is 10. The van der Waals surface area contributed by atoms with Crippen LogP contribution in [0.3, 0.4) is 0 Å². The zero-order valence-electron chi connectivity index (χ0n) is 12.6. The van der Waals surface area contributed by atoms with Crippen LogP contribution in [0.25, 0.3) is 0 Å². The monoisotopic (exact) mass is 309 g/mol. The van der Waals surface area contributed by atoms with Gasteiger partial charge in [-0.3, -0.25) is 9.49 Å². The number of hydrogen-bond donors (Lipinski definition) is 0. The van der Waals surface area contributed by atoms with E-state index in [0.29, 0.717) is 0 Å². The third kappa shape index (κ3) is 8.51. The van der Waals surface area contributed by atoms with Gasteiger partial charge in [-0.1, -0.05) is 45.6 Å². The summed E-state index contributed by atoms with van der Waals surface area (Å²) < 4.78 is 9.03. The molecule has 0 saturated heterocycles. The molecule has 1 aromatic heterocycles. The van der Waals surface area contributed by atoms with Crippen LogP contribution in [0, 0.1) is 0 Å². The van der Waals surface area contributed by atoms with Gasteiger partial charge in [0.15, 0.2) is 0 Å². The molecule has 0 saturated carbocycles. The molecule has 0 aliphatic rings. The first-order chi connectivity index (χ1) is 9.86. The largest absolute Gasteiger partial charge is 0.262 e. The maximum atomic E-state index is 4.60. The normalized spacial score (nSPS) is 11.7. The minimum atomic E-state index is 0.945. The van der Waals surface area contributed by atoms with E-state index in [9.17, 15) is 0 Å². The van der Waals surface area contributed by atoms with E-state index in [1.165, 1.54) is 38.5 Å². The van der Waals surface area contributed by atoms with Crippen molar-refractivity contribution in [3.63, 3.8) is 0 Å². The predicted molar refractivity (Wildman–Crippen MR) is 91.0 cm³/mol. The van der Waals surface area contributed by atoms with Crippen LogP contribution in [0.5, 0.6) is 0 Å². The molecule has 1 aromatic rings. The lowest BCUT2D eigenvalue weighted by molar-refractivity contribution is 0.731. The molecule has 0 N–H and O–H groups in total. The van der Waals surface area contributed by atoms with E-state index in [1.54, 1.807) is 0 Å². The Morgan fingerprint density at radius 3 is 1.80 bits per heavy atom. The molecule has 3 nitrogen and oxygen atoms in total. The van der Waals surface area contributed by atoms with Gasteiger partial charge in [0, 0.05) is 13.1 Å². The molecule has 5 heteroatoms. The van der Waals surface area contributed by atoms with Gasteiger partial charge in [-0.05, 0) is 25.0 Å². The highest BCUT2D eigenvalue weighted by Crippen LogP contribution is 2.05. The van der Waals surface area contributed by atoms with Crippen molar-refractivity contribution in [1.29, 1.82) is 0 Å². The van der Waals surface area contributed by atoms with E-state index >= 15 is 0 Å². The Kier molecular flexibility index (Phi) is 10.5. The number of unbranched alkanes of at least 4 members (excludes halogenated alkanes) is 4. The summed E-state index contributed by atoms with van der Waals surface area (Å²) >= 11 is 0. The van der Waals surface area contributed by atoms with E-state index in [2.05, 4.69) is 34.4 Å². The summed E-state index contributed by atoms with van der Waals surface area (Å²) in [6.45, 7) is 6.32. The summed E-state index contributed by atoms with van der Waals surface area (Å²) in [6.07, 6.45) is 7.41. The van der Waals surface area contributed by atoms with Crippen LogP contribution < -0.4 is 10.9 Å². The van der Waals surface area contributed by atoms with Crippen LogP contribution in [0.4, 0.5) is 0 Å². The Balaban J connectivity index is 2.40. The third-order valence-electron chi connectivity index (χ3n) is 2.79. The van der Waals surface area contributed by atoms with Crippen LogP contribution in [0.1, 0.15) is 52.4 Å². The molecule has 1 heterocycles. The molecule has 0 radical (unpaired) electrons. The van der Waals surface area contributed by atoms with Crippen molar-refractivity contribution < 1.29 is 0 Å². The Morgan fingerprint density at radius 1 is 0.850 bits per heavy atom. The summed E-state index contributed by atoms with van der Waals surface area (Å²) in [4.78, 5) is 4.60. The van der Waals surface area contributed by atoms with Crippen molar-refractivity contribution in [3.8, 4) is 0 Å². The Bertz CT molecular complexity index is 384. The molecule has 0 fully saturated rings. The van der Waals surface area contributed by atoms with Crippen molar-refractivity contribution in [1.82, 2.24) is 4.98 Å². The summed E-state index contributed by atoms with van der Waals surface area (Å²) in [6, 6.07) is 6.14. The first-order valence-corrected chi connectivity index (χ1v) is 9.28. The van der Waals surface area contributed by atoms with Crippen LogP contribution >= 0.6 is 16.7 Å². The van der Waals surface area contributed by atoms with Gasteiger partial charge in [-0.2, -0.15) is 0 Å². The Labute approximate surface area is 126 Å². The van der Waals surface area contributed by atoms with Crippen molar-refractivity contribution in [2.45, 2.75) is 52.4 Å². The zero-order valence-corrected chi connectivity index (χ0v) is 14.4. The fraction of sp³-hybridized carbons (Fsp3) is 0.667. The van der Waals surface area contributed by atoms with Crippen LogP contribution in [-0.4, -0.2) is 18.1 Å². The standard InChI is InChI=1S/C15H25N3P2/c1-3-5-7-12-16-19-14-10-9-11-15(18-14)20-17-13-8-6-4-2/h9-11H,3-8,12-13H2,1-2H3. The first-order valence-electron chi connectivity index (χ1n) is 7.59. The van der Waals surface area contributed by atoms with Gasteiger partial charge >= 0.3 is 0 Å². The zero-order chi connectivity index (χ0) is 14.5. The smallest absolute Gasteiger partial charge is 0.110 e. The molecule has 0 bridgehead atoms. The summed E-state index contributed by atoms with van der Waals surface area (Å²) in [5, 5.41) is 0. The van der Waals surface area contributed by atoms with Crippen molar-refractivity contribution in [3.05, 3.63) is 18.2 Å². The highest BCUT2D eigenvalue weighted by atomic mass is 31.1. The molecule has 0 aliphatic carbocycles. The predicted octanol–water partition coefficient (Wildman–Crippen LogP) is 4.97. The molecular formula is C15H25N3P2. The molecule has 0 aliphatic heterocycles. The summed E-state index contributed by atoms with van der Waals surface area (Å²) in [5.74, 6) is 0. The third-order valence-corrected chi connectivity index (χ3v) is 4.38. The molecule has 110 valence electrons.